The zero-order valence-electron chi connectivity index (χ0n) is 13.5. The largest absolute Gasteiger partial charge is 0.467 e. The van der Waals surface area contributed by atoms with Crippen LogP contribution in [0, 0.1) is 12.7 Å². The highest BCUT2D eigenvalue weighted by Crippen LogP contribution is 2.35. The van der Waals surface area contributed by atoms with Crippen molar-refractivity contribution >= 4 is 17.3 Å². The van der Waals surface area contributed by atoms with Gasteiger partial charge in [-0.15, -0.1) is 0 Å². The molecule has 2 aromatic carbocycles. The third-order valence-electron chi connectivity index (χ3n) is 4.33. The maximum Gasteiger partial charge on any atom is 0.281 e. The highest BCUT2D eigenvalue weighted by Gasteiger charge is 2.35. The van der Waals surface area contributed by atoms with Gasteiger partial charge in [-0.05, 0) is 30.7 Å². The van der Waals surface area contributed by atoms with E-state index < -0.39 is 11.7 Å². The Balaban J connectivity index is 1.79. The average molecular weight is 342 g/mol. The summed E-state index contributed by atoms with van der Waals surface area (Å²) < 4.78 is 24.6. The van der Waals surface area contributed by atoms with Crippen molar-refractivity contribution in [2.45, 2.75) is 20.1 Å². The van der Waals surface area contributed by atoms with E-state index in [9.17, 15) is 14.4 Å². The van der Waals surface area contributed by atoms with Gasteiger partial charge in [-0.2, -0.15) is 0 Å². The molecule has 0 fully saturated rings. The monoisotopic (exact) mass is 342 g/mol. The number of hydrogen-bond acceptors (Lipinski definition) is 5. The fraction of sp³-hybridized carbons (Fsp3) is 0.222. The molecular formula is C18H15FN2O4. The lowest BCUT2D eigenvalue weighted by atomic mass is 10.1. The van der Waals surface area contributed by atoms with E-state index >= 15 is 0 Å². The van der Waals surface area contributed by atoms with Gasteiger partial charge in [0, 0.05) is 16.7 Å². The SMILES string of the molecule is Cc1ccc2c(c1)N(Cc1cc(F)cc3c1OCOC3)C(=O)/C2=N\O. The third kappa shape index (κ3) is 2.53. The summed E-state index contributed by atoms with van der Waals surface area (Å²) in [6.45, 7) is 2.35. The van der Waals surface area contributed by atoms with Gasteiger partial charge in [0.05, 0.1) is 18.8 Å². The van der Waals surface area contributed by atoms with Crippen molar-refractivity contribution in [1.29, 1.82) is 0 Å². The molecule has 2 heterocycles. The van der Waals surface area contributed by atoms with Crippen molar-refractivity contribution < 1.29 is 23.9 Å². The Morgan fingerprint density at radius 1 is 1.32 bits per heavy atom. The van der Waals surface area contributed by atoms with Crippen molar-refractivity contribution in [3.8, 4) is 5.75 Å². The summed E-state index contributed by atoms with van der Waals surface area (Å²) in [6, 6.07) is 8.12. The van der Waals surface area contributed by atoms with E-state index in [-0.39, 0.29) is 25.7 Å². The summed E-state index contributed by atoms with van der Waals surface area (Å²) >= 11 is 0. The van der Waals surface area contributed by atoms with Crippen molar-refractivity contribution in [3.05, 3.63) is 58.4 Å². The standard InChI is InChI=1S/C18H15FN2O4/c1-10-2-3-14-15(4-10)21(18(22)16(14)20-23)7-11-5-13(19)6-12-8-24-9-25-17(11)12/h2-6,23H,7-9H2,1H3/b20-16-. The van der Waals surface area contributed by atoms with Crippen LogP contribution in [-0.2, 0) is 22.7 Å². The molecule has 0 saturated heterocycles. The summed E-state index contributed by atoms with van der Waals surface area (Å²) in [5.74, 6) is -0.327. The van der Waals surface area contributed by atoms with Gasteiger partial charge in [-0.1, -0.05) is 17.3 Å². The lowest BCUT2D eigenvalue weighted by molar-refractivity contribution is -0.112. The zero-order chi connectivity index (χ0) is 17.6. The number of amides is 1. The van der Waals surface area contributed by atoms with E-state index in [1.807, 2.05) is 19.1 Å². The van der Waals surface area contributed by atoms with Crippen LogP contribution in [0.15, 0.2) is 35.5 Å². The van der Waals surface area contributed by atoms with E-state index in [4.69, 9.17) is 9.47 Å². The number of aryl methyl sites for hydroxylation is 1. The molecule has 1 amide bonds. The molecule has 25 heavy (non-hydrogen) atoms. The van der Waals surface area contributed by atoms with Gasteiger partial charge >= 0.3 is 0 Å². The minimum absolute atomic E-state index is 0.0236. The van der Waals surface area contributed by atoms with Crippen LogP contribution in [0.1, 0.15) is 22.3 Å². The van der Waals surface area contributed by atoms with E-state index in [2.05, 4.69) is 5.16 Å². The van der Waals surface area contributed by atoms with Gasteiger partial charge in [0.25, 0.3) is 5.91 Å². The smallest absolute Gasteiger partial charge is 0.281 e. The van der Waals surface area contributed by atoms with Gasteiger partial charge in [0.15, 0.2) is 12.5 Å². The van der Waals surface area contributed by atoms with Gasteiger partial charge in [-0.3, -0.25) is 4.79 Å². The van der Waals surface area contributed by atoms with Gasteiger partial charge in [0.1, 0.15) is 11.6 Å². The van der Waals surface area contributed by atoms with Crippen molar-refractivity contribution in [2.24, 2.45) is 5.16 Å². The number of carbonyl (C=O) groups excluding carboxylic acids is 1. The molecule has 1 N–H and O–H groups in total. The van der Waals surface area contributed by atoms with E-state index in [1.165, 1.54) is 17.0 Å². The number of rotatable bonds is 2. The fourth-order valence-corrected chi connectivity index (χ4v) is 3.22. The highest BCUT2D eigenvalue weighted by atomic mass is 19.1. The molecule has 2 aromatic rings. The predicted molar refractivity (Wildman–Crippen MR) is 87.4 cm³/mol. The third-order valence-corrected chi connectivity index (χ3v) is 4.33. The molecule has 2 aliphatic rings. The molecule has 7 heteroatoms. The fourth-order valence-electron chi connectivity index (χ4n) is 3.22. The maximum atomic E-state index is 14.0. The number of hydrogen-bond donors (Lipinski definition) is 1. The Hall–Kier alpha value is -2.93. The maximum absolute atomic E-state index is 14.0. The van der Waals surface area contributed by atoms with Crippen LogP contribution in [-0.4, -0.2) is 23.6 Å². The van der Waals surface area contributed by atoms with E-state index in [0.717, 1.165) is 5.56 Å². The van der Waals surface area contributed by atoms with E-state index in [1.54, 1.807) is 6.07 Å². The Labute approximate surface area is 143 Å². The first-order chi connectivity index (χ1) is 12.1. The first-order valence-corrected chi connectivity index (χ1v) is 7.75. The number of anilines is 1. The number of benzene rings is 2. The Morgan fingerprint density at radius 2 is 2.16 bits per heavy atom. The topological polar surface area (TPSA) is 71.4 Å². The molecule has 2 aliphatic heterocycles. The van der Waals surface area contributed by atoms with Crippen LogP contribution in [0.4, 0.5) is 10.1 Å². The molecule has 0 radical (unpaired) electrons. The van der Waals surface area contributed by atoms with Crippen molar-refractivity contribution in [1.82, 2.24) is 0 Å². The van der Waals surface area contributed by atoms with Crippen LogP contribution < -0.4 is 9.64 Å². The number of ether oxygens (including phenoxy) is 2. The summed E-state index contributed by atoms with van der Waals surface area (Å²) in [6.07, 6.45) is 0. The van der Waals surface area contributed by atoms with Crippen molar-refractivity contribution in [2.75, 3.05) is 11.7 Å². The molecule has 128 valence electrons. The summed E-state index contributed by atoms with van der Waals surface area (Å²) in [7, 11) is 0. The predicted octanol–water partition coefficient (Wildman–Crippen LogP) is 2.73. The Bertz CT molecular complexity index is 910. The quantitative estimate of drug-likeness (QED) is 0.673. The van der Waals surface area contributed by atoms with Crippen LogP contribution in [0.2, 0.25) is 0 Å². The number of carbonyl (C=O) groups is 1. The highest BCUT2D eigenvalue weighted by molar-refractivity contribution is 6.54. The summed E-state index contributed by atoms with van der Waals surface area (Å²) in [5, 5.41) is 12.3. The first-order valence-electron chi connectivity index (χ1n) is 7.75. The second-order valence-corrected chi connectivity index (χ2v) is 6.02. The summed E-state index contributed by atoms with van der Waals surface area (Å²) in [4.78, 5) is 14.1. The normalized spacial score (nSPS) is 17.4. The average Bonchev–Trinajstić information content (AvgIpc) is 2.85. The van der Waals surface area contributed by atoms with Gasteiger partial charge < -0.3 is 19.6 Å². The number of halogens is 1. The molecule has 0 aromatic heterocycles. The summed E-state index contributed by atoms with van der Waals surface area (Å²) in [5.41, 5.74) is 3.26. The molecule has 0 unspecified atom stereocenters. The van der Waals surface area contributed by atoms with Crippen LogP contribution >= 0.6 is 0 Å². The van der Waals surface area contributed by atoms with Crippen LogP contribution in [0.3, 0.4) is 0 Å². The molecule has 0 atom stereocenters. The van der Waals surface area contributed by atoms with E-state index in [0.29, 0.717) is 28.1 Å². The lowest BCUT2D eigenvalue weighted by Crippen LogP contribution is -2.30. The molecule has 4 rings (SSSR count). The first kappa shape index (κ1) is 15.6. The molecule has 0 saturated carbocycles. The number of oxime groups is 1. The molecule has 0 bridgehead atoms. The minimum Gasteiger partial charge on any atom is -0.467 e. The molecule has 0 aliphatic carbocycles. The number of nitrogens with zero attached hydrogens (tertiary/aromatic N) is 2. The Kier molecular flexibility index (Phi) is 3.65. The minimum atomic E-state index is -0.437. The molecule has 0 spiro atoms. The van der Waals surface area contributed by atoms with Crippen molar-refractivity contribution in [3.63, 3.8) is 0 Å². The molecule has 6 nitrogen and oxygen atoms in total. The molecular weight excluding hydrogens is 327 g/mol. The van der Waals surface area contributed by atoms with Crippen LogP contribution in [0.5, 0.6) is 5.75 Å². The second kappa shape index (κ2) is 5.86. The Morgan fingerprint density at radius 3 is 2.96 bits per heavy atom. The van der Waals surface area contributed by atoms with Gasteiger partial charge in [0.2, 0.25) is 0 Å². The van der Waals surface area contributed by atoms with Gasteiger partial charge in [-0.25, -0.2) is 4.39 Å². The number of fused-ring (bicyclic) bond motifs is 2. The second-order valence-electron chi connectivity index (χ2n) is 6.02. The van der Waals surface area contributed by atoms with Crippen LogP contribution in [0.25, 0.3) is 0 Å². The zero-order valence-corrected chi connectivity index (χ0v) is 13.5. The lowest BCUT2D eigenvalue weighted by Gasteiger charge is -2.24.